The van der Waals surface area contributed by atoms with Crippen molar-refractivity contribution in [2.75, 3.05) is 6.54 Å². The summed E-state index contributed by atoms with van der Waals surface area (Å²) < 4.78 is 0. The summed E-state index contributed by atoms with van der Waals surface area (Å²) in [5.74, 6) is -1.00. The fourth-order valence-electron chi connectivity index (χ4n) is 1.88. The van der Waals surface area contributed by atoms with Gasteiger partial charge in [-0.3, -0.25) is 4.79 Å². The Balaban J connectivity index is 2.56. The fraction of sp³-hybridized carbons (Fsp3) is 0.571. The van der Waals surface area contributed by atoms with Crippen molar-refractivity contribution < 1.29 is 14.7 Å². The number of aryl methyl sites for hydroxylation is 1. The molecular weight excluding hydrogens is 276 g/mol. The van der Waals surface area contributed by atoms with Crippen molar-refractivity contribution in [2.45, 2.75) is 46.2 Å². The number of nitrogens with zero attached hydrogens (tertiary/aromatic N) is 1. The van der Waals surface area contributed by atoms with Gasteiger partial charge in [-0.15, -0.1) is 11.3 Å². The van der Waals surface area contributed by atoms with Gasteiger partial charge in [0.2, 0.25) is 0 Å². The first-order valence-electron chi connectivity index (χ1n) is 6.63. The molecule has 0 saturated carbocycles. The molecular formula is C14H22N2O3S. The molecule has 0 aliphatic carbocycles. The Morgan fingerprint density at radius 3 is 2.45 bits per heavy atom. The Morgan fingerprint density at radius 2 is 2.00 bits per heavy atom. The lowest BCUT2D eigenvalue weighted by molar-refractivity contribution is -0.138. The molecule has 1 heterocycles. The van der Waals surface area contributed by atoms with E-state index < -0.39 is 5.97 Å². The number of thiophene rings is 1. The summed E-state index contributed by atoms with van der Waals surface area (Å²) >= 11 is 1.71. The Hall–Kier alpha value is -1.56. The maximum Gasteiger partial charge on any atom is 0.323 e. The van der Waals surface area contributed by atoms with Crippen LogP contribution in [0.25, 0.3) is 0 Å². The Labute approximate surface area is 123 Å². The summed E-state index contributed by atoms with van der Waals surface area (Å²) in [5, 5.41) is 11.7. The smallest absolute Gasteiger partial charge is 0.323 e. The molecule has 0 saturated heterocycles. The standard InChI is InChI=1S/C14H22N2O3S/c1-9(2)16(8-13(17)18)14(19)15-10(3)7-12-6-5-11(4)20-12/h5-6,9-10H,7-8H2,1-4H3,(H,15,19)(H,17,18). The highest BCUT2D eigenvalue weighted by Crippen LogP contribution is 2.16. The summed E-state index contributed by atoms with van der Waals surface area (Å²) in [5.41, 5.74) is 0. The molecule has 0 bridgehead atoms. The quantitative estimate of drug-likeness (QED) is 0.847. The maximum atomic E-state index is 12.1. The van der Waals surface area contributed by atoms with Crippen LogP contribution in [0.15, 0.2) is 12.1 Å². The predicted octanol–water partition coefficient (Wildman–Crippen LogP) is 2.49. The van der Waals surface area contributed by atoms with Crippen molar-refractivity contribution in [2.24, 2.45) is 0 Å². The molecule has 20 heavy (non-hydrogen) atoms. The van der Waals surface area contributed by atoms with E-state index in [-0.39, 0.29) is 24.7 Å². The van der Waals surface area contributed by atoms with Crippen LogP contribution < -0.4 is 5.32 Å². The van der Waals surface area contributed by atoms with Gasteiger partial charge >= 0.3 is 12.0 Å². The van der Waals surface area contributed by atoms with Gasteiger partial charge in [0.25, 0.3) is 0 Å². The summed E-state index contributed by atoms with van der Waals surface area (Å²) in [6.07, 6.45) is 0.753. The summed E-state index contributed by atoms with van der Waals surface area (Å²) in [6, 6.07) is 3.60. The van der Waals surface area contributed by atoms with Gasteiger partial charge in [0.1, 0.15) is 6.54 Å². The van der Waals surface area contributed by atoms with Gasteiger partial charge in [0.15, 0.2) is 0 Å². The van der Waals surface area contributed by atoms with E-state index in [1.54, 1.807) is 25.2 Å². The Bertz CT molecular complexity index is 471. The number of nitrogens with one attached hydrogen (secondary N) is 1. The maximum absolute atomic E-state index is 12.1. The molecule has 2 amide bonds. The van der Waals surface area contributed by atoms with Crippen LogP contribution in [-0.2, 0) is 11.2 Å². The highest BCUT2D eigenvalue weighted by Gasteiger charge is 2.21. The Kier molecular flexibility index (Phi) is 6.01. The number of aliphatic carboxylic acids is 1. The van der Waals surface area contributed by atoms with E-state index in [2.05, 4.69) is 17.4 Å². The van der Waals surface area contributed by atoms with Crippen LogP contribution in [0.5, 0.6) is 0 Å². The highest BCUT2D eigenvalue weighted by molar-refractivity contribution is 7.11. The van der Waals surface area contributed by atoms with Crippen LogP contribution in [0.4, 0.5) is 4.79 Å². The lowest BCUT2D eigenvalue weighted by atomic mass is 10.2. The zero-order chi connectivity index (χ0) is 15.3. The van der Waals surface area contributed by atoms with E-state index in [0.29, 0.717) is 0 Å². The molecule has 2 N–H and O–H groups in total. The van der Waals surface area contributed by atoms with Crippen molar-refractivity contribution in [1.82, 2.24) is 10.2 Å². The third kappa shape index (κ3) is 5.21. The molecule has 112 valence electrons. The average Bonchev–Trinajstić information content (AvgIpc) is 2.70. The number of rotatable bonds is 6. The van der Waals surface area contributed by atoms with E-state index in [9.17, 15) is 9.59 Å². The monoisotopic (exact) mass is 298 g/mol. The predicted molar refractivity (Wildman–Crippen MR) is 80.2 cm³/mol. The van der Waals surface area contributed by atoms with Crippen LogP contribution in [0, 0.1) is 6.92 Å². The molecule has 1 aromatic heterocycles. The topological polar surface area (TPSA) is 69.6 Å². The minimum absolute atomic E-state index is 0.0319. The second-order valence-corrected chi connectivity index (χ2v) is 6.55. The third-order valence-corrected chi connectivity index (χ3v) is 3.89. The number of carbonyl (C=O) groups is 2. The Morgan fingerprint density at radius 1 is 1.35 bits per heavy atom. The van der Waals surface area contributed by atoms with Crippen LogP contribution in [0.2, 0.25) is 0 Å². The summed E-state index contributed by atoms with van der Waals surface area (Å²) in [7, 11) is 0. The average molecular weight is 298 g/mol. The van der Waals surface area contributed by atoms with Gasteiger partial charge < -0.3 is 15.3 Å². The van der Waals surface area contributed by atoms with Crippen molar-refractivity contribution >= 4 is 23.3 Å². The zero-order valence-electron chi connectivity index (χ0n) is 12.3. The van der Waals surface area contributed by atoms with E-state index in [1.807, 2.05) is 13.8 Å². The SMILES string of the molecule is Cc1ccc(CC(C)NC(=O)N(CC(=O)O)C(C)C)s1. The van der Waals surface area contributed by atoms with Gasteiger partial charge in [-0.05, 0) is 39.8 Å². The fourth-order valence-corrected chi connectivity index (χ4v) is 2.90. The molecule has 1 aromatic rings. The lowest BCUT2D eigenvalue weighted by Crippen LogP contribution is -2.49. The molecule has 0 aliphatic rings. The number of hydrogen-bond acceptors (Lipinski definition) is 3. The number of carboxylic acid groups (broad SMARTS) is 1. The van der Waals surface area contributed by atoms with Gasteiger partial charge in [-0.1, -0.05) is 0 Å². The minimum Gasteiger partial charge on any atom is -0.480 e. The molecule has 0 radical (unpaired) electrons. The number of amides is 2. The zero-order valence-corrected chi connectivity index (χ0v) is 13.2. The molecule has 1 unspecified atom stereocenters. The van der Waals surface area contributed by atoms with Crippen molar-refractivity contribution in [3.05, 3.63) is 21.9 Å². The van der Waals surface area contributed by atoms with Gasteiger partial charge in [0, 0.05) is 28.3 Å². The normalized spacial score (nSPS) is 12.2. The van der Waals surface area contributed by atoms with E-state index in [4.69, 9.17) is 5.11 Å². The number of carbonyl (C=O) groups excluding carboxylic acids is 1. The third-order valence-electron chi connectivity index (χ3n) is 2.86. The van der Waals surface area contributed by atoms with Crippen LogP contribution in [0.1, 0.15) is 30.5 Å². The van der Waals surface area contributed by atoms with E-state index in [0.717, 1.165) is 6.42 Å². The summed E-state index contributed by atoms with van der Waals surface area (Å²) in [4.78, 5) is 26.6. The highest BCUT2D eigenvalue weighted by atomic mass is 32.1. The first-order valence-corrected chi connectivity index (χ1v) is 7.45. The molecule has 0 spiro atoms. The largest absolute Gasteiger partial charge is 0.480 e. The molecule has 1 atom stereocenters. The molecule has 6 heteroatoms. The van der Waals surface area contributed by atoms with Crippen molar-refractivity contribution in [3.63, 3.8) is 0 Å². The minimum atomic E-state index is -1.00. The van der Waals surface area contributed by atoms with Crippen molar-refractivity contribution in [3.8, 4) is 0 Å². The second kappa shape index (κ2) is 7.28. The van der Waals surface area contributed by atoms with Crippen LogP contribution in [-0.4, -0.2) is 40.6 Å². The molecule has 0 aliphatic heterocycles. The van der Waals surface area contributed by atoms with Gasteiger partial charge in [-0.2, -0.15) is 0 Å². The second-order valence-electron chi connectivity index (χ2n) is 5.18. The van der Waals surface area contributed by atoms with Gasteiger partial charge in [-0.25, -0.2) is 4.79 Å². The summed E-state index contributed by atoms with van der Waals surface area (Å²) in [6.45, 7) is 7.29. The lowest BCUT2D eigenvalue weighted by Gasteiger charge is -2.27. The number of hydrogen-bond donors (Lipinski definition) is 2. The number of carboxylic acids is 1. The van der Waals surface area contributed by atoms with Crippen LogP contribution in [0.3, 0.4) is 0 Å². The number of urea groups is 1. The van der Waals surface area contributed by atoms with E-state index >= 15 is 0 Å². The van der Waals surface area contributed by atoms with Crippen molar-refractivity contribution in [1.29, 1.82) is 0 Å². The van der Waals surface area contributed by atoms with E-state index in [1.165, 1.54) is 14.7 Å². The first kappa shape index (κ1) is 16.5. The van der Waals surface area contributed by atoms with Gasteiger partial charge in [0.05, 0.1) is 0 Å². The molecule has 5 nitrogen and oxygen atoms in total. The van der Waals surface area contributed by atoms with Crippen LogP contribution >= 0.6 is 11.3 Å². The molecule has 1 rings (SSSR count). The first-order chi connectivity index (χ1) is 9.29. The molecule has 0 aromatic carbocycles. The molecule has 0 fully saturated rings.